The van der Waals surface area contributed by atoms with Gasteiger partial charge in [0.1, 0.15) is 0 Å². The van der Waals surface area contributed by atoms with E-state index in [-0.39, 0.29) is 5.56 Å². The van der Waals surface area contributed by atoms with Crippen LogP contribution in [0.15, 0.2) is 17.0 Å². The zero-order valence-corrected chi connectivity index (χ0v) is 9.48. The van der Waals surface area contributed by atoms with Crippen LogP contribution < -0.4 is 5.14 Å². The smallest absolute Gasteiger partial charge is 0.336 e. The molecule has 4 N–H and O–H groups in total. The number of carboxylic acid groups (broad SMARTS) is 2. The highest BCUT2D eigenvalue weighted by molar-refractivity contribution is 7.89. The Hall–Kier alpha value is -1.93. The molecule has 0 aliphatic rings. The first-order valence-electron chi connectivity index (χ1n) is 4.28. The fourth-order valence-electron chi connectivity index (χ4n) is 1.33. The number of rotatable bonds is 3. The molecule has 0 saturated heterocycles. The summed E-state index contributed by atoms with van der Waals surface area (Å²) in [7, 11) is -4.17. The molecule has 7 nitrogen and oxygen atoms in total. The Bertz CT molecular complexity index is 604. The van der Waals surface area contributed by atoms with E-state index in [1.165, 1.54) is 6.92 Å². The molecule has 0 bridgehead atoms. The molecule has 1 aromatic carbocycles. The Kier molecular flexibility index (Phi) is 3.21. The van der Waals surface area contributed by atoms with Crippen molar-refractivity contribution in [3.05, 3.63) is 28.8 Å². The molecule has 0 spiro atoms. The van der Waals surface area contributed by atoms with Crippen LogP contribution in [0, 0.1) is 6.92 Å². The molecule has 0 saturated carbocycles. The Balaban J connectivity index is 3.73. The van der Waals surface area contributed by atoms with Crippen LogP contribution in [0.5, 0.6) is 0 Å². The lowest BCUT2D eigenvalue weighted by Gasteiger charge is -2.08. The molecular weight excluding hydrogens is 250 g/mol. The highest BCUT2D eigenvalue weighted by Crippen LogP contribution is 2.20. The van der Waals surface area contributed by atoms with Crippen LogP contribution in [-0.2, 0) is 10.0 Å². The first kappa shape index (κ1) is 13.1. The van der Waals surface area contributed by atoms with E-state index in [9.17, 15) is 18.0 Å². The summed E-state index contributed by atoms with van der Waals surface area (Å²) in [6, 6.07) is 1.72. The van der Waals surface area contributed by atoms with Gasteiger partial charge in [0.25, 0.3) is 0 Å². The summed E-state index contributed by atoms with van der Waals surface area (Å²) >= 11 is 0. The number of aromatic carboxylic acids is 2. The molecule has 0 aromatic heterocycles. The second-order valence-corrected chi connectivity index (χ2v) is 4.83. The van der Waals surface area contributed by atoms with Gasteiger partial charge >= 0.3 is 11.9 Å². The fourth-order valence-corrected chi connectivity index (χ4v) is 2.16. The Morgan fingerprint density at radius 2 is 1.71 bits per heavy atom. The standard InChI is InChI=1S/C9H9NO6S/c1-4-6(9(13)14)2-5(8(11)12)3-7(4)17(10,15)16/h2-3H,1H3,(H,11,12)(H,13,14)(H2,10,15,16). The number of carboxylic acids is 2. The van der Waals surface area contributed by atoms with Crippen molar-refractivity contribution < 1.29 is 28.2 Å². The number of nitrogens with two attached hydrogens (primary N) is 1. The summed E-state index contributed by atoms with van der Waals surface area (Å²) in [6.07, 6.45) is 0. The molecule has 0 aliphatic carbocycles. The van der Waals surface area contributed by atoms with E-state index >= 15 is 0 Å². The van der Waals surface area contributed by atoms with Crippen molar-refractivity contribution in [1.82, 2.24) is 0 Å². The lowest BCUT2D eigenvalue weighted by molar-refractivity contribution is 0.0695. The van der Waals surface area contributed by atoms with Gasteiger partial charge in [-0.25, -0.2) is 23.1 Å². The van der Waals surface area contributed by atoms with Gasteiger partial charge in [-0.3, -0.25) is 0 Å². The number of hydrogen-bond acceptors (Lipinski definition) is 4. The summed E-state index contributed by atoms with van der Waals surface area (Å²) in [5.74, 6) is -2.85. The zero-order chi connectivity index (χ0) is 13.4. The van der Waals surface area contributed by atoms with Crippen molar-refractivity contribution in [3.63, 3.8) is 0 Å². The molecule has 17 heavy (non-hydrogen) atoms. The van der Waals surface area contributed by atoms with Crippen LogP contribution in [-0.4, -0.2) is 30.6 Å². The van der Waals surface area contributed by atoms with Gasteiger partial charge in [-0.1, -0.05) is 0 Å². The fraction of sp³-hybridized carbons (Fsp3) is 0.111. The van der Waals surface area contributed by atoms with Crippen LogP contribution in [0.4, 0.5) is 0 Å². The Labute approximate surface area is 96.5 Å². The largest absolute Gasteiger partial charge is 0.478 e. The number of benzene rings is 1. The predicted molar refractivity (Wildman–Crippen MR) is 56.5 cm³/mol. The molecule has 0 radical (unpaired) electrons. The quantitative estimate of drug-likeness (QED) is 0.701. The van der Waals surface area contributed by atoms with Gasteiger partial charge in [-0.15, -0.1) is 0 Å². The summed E-state index contributed by atoms with van der Waals surface area (Å²) in [5, 5.41) is 22.5. The van der Waals surface area contributed by atoms with Gasteiger partial charge in [0, 0.05) is 0 Å². The normalized spacial score (nSPS) is 11.2. The predicted octanol–water partition coefficient (Wildman–Crippen LogP) is 0.0388. The number of hydrogen-bond donors (Lipinski definition) is 3. The molecule has 0 amide bonds. The summed E-state index contributed by atoms with van der Waals surface area (Å²) in [4.78, 5) is 21.1. The van der Waals surface area contributed by atoms with E-state index in [0.717, 1.165) is 12.1 Å². The lowest BCUT2D eigenvalue weighted by Crippen LogP contribution is -2.17. The van der Waals surface area contributed by atoms with E-state index in [0.29, 0.717) is 0 Å². The maximum atomic E-state index is 11.2. The molecule has 0 atom stereocenters. The minimum absolute atomic E-state index is 0.0926. The van der Waals surface area contributed by atoms with E-state index in [2.05, 4.69) is 0 Å². The molecule has 0 heterocycles. The molecule has 1 rings (SSSR count). The van der Waals surface area contributed by atoms with Crippen LogP contribution >= 0.6 is 0 Å². The van der Waals surface area contributed by atoms with Gasteiger partial charge in [-0.2, -0.15) is 0 Å². The van der Waals surface area contributed by atoms with Crippen molar-refractivity contribution in [2.45, 2.75) is 11.8 Å². The number of primary sulfonamides is 1. The third-order valence-corrected chi connectivity index (χ3v) is 3.18. The minimum Gasteiger partial charge on any atom is -0.478 e. The summed E-state index contributed by atoms with van der Waals surface area (Å²) in [5.41, 5.74) is -0.948. The van der Waals surface area contributed by atoms with E-state index in [1.54, 1.807) is 0 Å². The van der Waals surface area contributed by atoms with Gasteiger partial charge in [0.05, 0.1) is 16.0 Å². The maximum absolute atomic E-state index is 11.2. The van der Waals surface area contributed by atoms with Gasteiger partial charge < -0.3 is 10.2 Å². The third-order valence-electron chi connectivity index (χ3n) is 2.14. The average Bonchev–Trinajstić information content (AvgIpc) is 2.15. The molecule has 1 aromatic rings. The van der Waals surface area contributed by atoms with Crippen molar-refractivity contribution in [3.8, 4) is 0 Å². The van der Waals surface area contributed by atoms with Crippen molar-refractivity contribution in [2.75, 3.05) is 0 Å². The Morgan fingerprint density at radius 3 is 2.06 bits per heavy atom. The van der Waals surface area contributed by atoms with Crippen molar-refractivity contribution >= 4 is 22.0 Å². The minimum atomic E-state index is -4.17. The third kappa shape index (κ3) is 2.60. The Morgan fingerprint density at radius 1 is 1.18 bits per heavy atom. The first-order chi connectivity index (χ1) is 7.64. The van der Waals surface area contributed by atoms with Gasteiger partial charge in [0.15, 0.2) is 0 Å². The molecular formula is C9H9NO6S. The van der Waals surface area contributed by atoms with Gasteiger partial charge in [-0.05, 0) is 24.6 Å². The van der Waals surface area contributed by atoms with Crippen LogP contribution in [0.1, 0.15) is 26.3 Å². The molecule has 0 aliphatic heterocycles. The van der Waals surface area contributed by atoms with Crippen LogP contribution in [0.25, 0.3) is 0 Å². The number of carbonyl (C=O) groups is 2. The first-order valence-corrected chi connectivity index (χ1v) is 5.83. The van der Waals surface area contributed by atoms with E-state index < -0.39 is 38.0 Å². The van der Waals surface area contributed by atoms with Gasteiger partial charge in [0.2, 0.25) is 10.0 Å². The molecule has 92 valence electrons. The monoisotopic (exact) mass is 259 g/mol. The summed E-state index contributed by atoms with van der Waals surface area (Å²) in [6.45, 7) is 1.24. The SMILES string of the molecule is Cc1c(C(=O)O)cc(C(=O)O)cc1S(N)(=O)=O. The van der Waals surface area contributed by atoms with E-state index in [1.807, 2.05) is 0 Å². The average molecular weight is 259 g/mol. The van der Waals surface area contributed by atoms with Crippen LogP contribution in [0.2, 0.25) is 0 Å². The van der Waals surface area contributed by atoms with E-state index in [4.69, 9.17) is 15.4 Å². The highest BCUT2D eigenvalue weighted by atomic mass is 32.2. The zero-order valence-electron chi connectivity index (χ0n) is 8.67. The molecule has 0 unspecified atom stereocenters. The lowest BCUT2D eigenvalue weighted by atomic mass is 10.1. The van der Waals surface area contributed by atoms with Crippen LogP contribution in [0.3, 0.4) is 0 Å². The van der Waals surface area contributed by atoms with Crippen molar-refractivity contribution in [2.24, 2.45) is 5.14 Å². The maximum Gasteiger partial charge on any atom is 0.336 e. The molecule has 0 fully saturated rings. The summed E-state index contributed by atoms with van der Waals surface area (Å²) < 4.78 is 22.4. The van der Waals surface area contributed by atoms with Crippen molar-refractivity contribution in [1.29, 1.82) is 0 Å². The molecule has 8 heteroatoms. The second kappa shape index (κ2) is 4.15. The highest BCUT2D eigenvalue weighted by Gasteiger charge is 2.21. The number of sulfonamides is 1. The topological polar surface area (TPSA) is 135 Å². The second-order valence-electron chi connectivity index (χ2n) is 3.30.